The number of aliphatic hydroxyl groups is 1. The minimum Gasteiger partial charge on any atom is -0.506 e. The van der Waals surface area contributed by atoms with Crippen molar-refractivity contribution in [1.29, 1.82) is 0 Å². The maximum atomic E-state index is 10.5. The van der Waals surface area contributed by atoms with E-state index in [2.05, 4.69) is 15.8 Å². The summed E-state index contributed by atoms with van der Waals surface area (Å²) in [6.07, 6.45) is 2.17. The molecule has 1 atom stereocenters. The summed E-state index contributed by atoms with van der Waals surface area (Å²) in [5, 5.41) is 17.9. The largest absolute Gasteiger partial charge is 0.506 e. The van der Waals surface area contributed by atoms with Crippen LogP contribution in [0.25, 0.3) is 0 Å². The lowest BCUT2D eigenvalue weighted by Crippen LogP contribution is -2.41. The number of hydrazine groups is 1. The van der Waals surface area contributed by atoms with Crippen molar-refractivity contribution in [2.24, 2.45) is 4.99 Å². The molecule has 0 amide bonds. The van der Waals surface area contributed by atoms with Crippen LogP contribution in [0.3, 0.4) is 0 Å². The summed E-state index contributed by atoms with van der Waals surface area (Å²) in [6, 6.07) is 0. The van der Waals surface area contributed by atoms with Crippen molar-refractivity contribution in [3.63, 3.8) is 0 Å². The predicted octanol–water partition coefficient (Wildman–Crippen LogP) is -0.715. The first kappa shape index (κ1) is 7.81. The fraction of sp³-hybridized carbons (Fsp3) is 0.143. The zero-order valence-electron chi connectivity index (χ0n) is 6.48. The van der Waals surface area contributed by atoms with Crippen LogP contribution in [0.5, 0.6) is 0 Å². The number of aliphatic carboxylic acids is 1. The smallest absolute Gasteiger partial charge is 0.354 e. The predicted molar refractivity (Wildman–Crippen MR) is 43.9 cm³/mol. The molecule has 0 saturated carbocycles. The minimum absolute atomic E-state index is 0.00347. The van der Waals surface area contributed by atoms with Crippen molar-refractivity contribution >= 4 is 11.7 Å². The zero-order valence-corrected chi connectivity index (χ0v) is 6.48. The lowest BCUT2D eigenvalue weighted by molar-refractivity contribution is -0.129. The second kappa shape index (κ2) is 2.60. The number of aliphatic imine (C=N–C) groups is 1. The van der Waals surface area contributed by atoms with Crippen molar-refractivity contribution in [1.82, 2.24) is 10.9 Å². The average molecular weight is 181 g/mol. The molecule has 0 fully saturated rings. The third-order valence-electron chi connectivity index (χ3n) is 1.80. The standard InChI is InChI=1S/C7H7N3O3/c11-5-2-8-10-6-3(5)1-4(9-6)7(12)13/h1-2,6,8,10-11H,(H,12,13). The maximum absolute atomic E-state index is 10.5. The minimum atomic E-state index is -1.10. The summed E-state index contributed by atoms with van der Waals surface area (Å²) in [7, 11) is 0. The molecule has 0 aliphatic carbocycles. The molecular weight excluding hydrogens is 174 g/mol. The second-order valence-corrected chi connectivity index (χ2v) is 2.64. The number of hydrogen-bond donors (Lipinski definition) is 4. The van der Waals surface area contributed by atoms with Crippen LogP contribution in [-0.4, -0.2) is 28.1 Å². The van der Waals surface area contributed by atoms with E-state index in [0.29, 0.717) is 5.57 Å². The molecule has 2 heterocycles. The molecular formula is C7H7N3O3. The molecule has 0 aromatic heterocycles. The summed E-state index contributed by atoms with van der Waals surface area (Å²) >= 11 is 0. The van der Waals surface area contributed by atoms with Gasteiger partial charge in [-0.1, -0.05) is 0 Å². The third kappa shape index (κ3) is 1.17. The van der Waals surface area contributed by atoms with E-state index in [1.807, 2.05) is 0 Å². The monoisotopic (exact) mass is 181 g/mol. The van der Waals surface area contributed by atoms with E-state index in [-0.39, 0.29) is 11.5 Å². The summed E-state index contributed by atoms with van der Waals surface area (Å²) in [5.74, 6) is -1.10. The number of nitrogens with zero attached hydrogens (tertiary/aromatic N) is 1. The lowest BCUT2D eigenvalue weighted by atomic mass is 10.1. The molecule has 0 aromatic carbocycles. The Balaban J connectivity index is 2.34. The summed E-state index contributed by atoms with van der Waals surface area (Å²) in [6.45, 7) is 0. The Labute approximate surface area is 73.3 Å². The van der Waals surface area contributed by atoms with Crippen molar-refractivity contribution in [3.8, 4) is 0 Å². The Hall–Kier alpha value is -1.82. The van der Waals surface area contributed by atoms with Crippen LogP contribution < -0.4 is 10.9 Å². The van der Waals surface area contributed by atoms with Crippen molar-refractivity contribution < 1.29 is 15.0 Å². The van der Waals surface area contributed by atoms with Gasteiger partial charge in [-0.2, -0.15) is 0 Å². The van der Waals surface area contributed by atoms with Gasteiger partial charge < -0.3 is 15.6 Å². The summed E-state index contributed by atoms with van der Waals surface area (Å²) in [5.41, 5.74) is 5.66. The van der Waals surface area contributed by atoms with E-state index in [1.54, 1.807) is 0 Å². The molecule has 13 heavy (non-hydrogen) atoms. The average Bonchev–Trinajstić information content (AvgIpc) is 2.49. The van der Waals surface area contributed by atoms with Crippen molar-refractivity contribution in [2.75, 3.05) is 0 Å². The second-order valence-electron chi connectivity index (χ2n) is 2.64. The van der Waals surface area contributed by atoms with Gasteiger partial charge in [0.2, 0.25) is 0 Å². The van der Waals surface area contributed by atoms with E-state index in [4.69, 9.17) is 5.11 Å². The fourth-order valence-electron chi connectivity index (χ4n) is 1.19. The van der Waals surface area contributed by atoms with E-state index in [9.17, 15) is 9.90 Å². The highest BCUT2D eigenvalue weighted by Gasteiger charge is 2.28. The van der Waals surface area contributed by atoms with Crippen LogP contribution in [0, 0.1) is 0 Å². The van der Waals surface area contributed by atoms with Crippen molar-refractivity contribution in [2.45, 2.75) is 6.17 Å². The van der Waals surface area contributed by atoms with Gasteiger partial charge in [-0.3, -0.25) is 4.99 Å². The van der Waals surface area contributed by atoms with Gasteiger partial charge in [-0.15, -0.1) is 0 Å². The molecule has 0 bridgehead atoms. The van der Waals surface area contributed by atoms with Gasteiger partial charge in [0.25, 0.3) is 0 Å². The molecule has 0 radical (unpaired) electrons. The number of carboxylic acids is 1. The SMILES string of the molecule is O=C(O)C1=NC2NNC=C(O)C2=C1. The molecule has 2 aliphatic rings. The Morgan fingerprint density at radius 3 is 3.00 bits per heavy atom. The number of carbonyl (C=O) groups is 1. The van der Waals surface area contributed by atoms with Gasteiger partial charge in [0.05, 0.1) is 6.20 Å². The van der Waals surface area contributed by atoms with Gasteiger partial charge in [0.1, 0.15) is 17.6 Å². The van der Waals surface area contributed by atoms with Crippen LogP contribution in [0.4, 0.5) is 0 Å². The highest BCUT2D eigenvalue weighted by atomic mass is 16.4. The zero-order chi connectivity index (χ0) is 9.42. The Bertz CT molecular complexity index is 356. The van der Waals surface area contributed by atoms with E-state index in [1.165, 1.54) is 12.3 Å². The van der Waals surface area contributed by atoms with Gasteiger partial charge in [-0.25, -0.2) is 10.2 Å². The first-order valence-electron chi connectivity index (χ1n) is 3.62. The molecule has 6 heteroatoms. The Morgan fingerprint density at radius 1 is 1.62 bits per heavy atom. The third-order valence-corrected chi connectivity index (χ3v) is 1.80. The first-order chi connectivity index (χ1) is 6.18. The van der Waals surface area contributed by atoms with E-state index < -0.39 is 12.1 Å². The highest BCUT2D eigenvalue weighted by molar-refractivity contribution is 6.41. The van der Waals surface area contributed by atoms with Crippen molar-refractivity contribution in [3.05, 3.63) is 23.6 Å². The molecule has 68 valence electrons. The molecule has 2 aliphatic heterocycles. The molecule has 4 N–H and O–H groups in total. The van der Waals surface area contributed by atoms with Gasteiger partial charge >= 0.3 is 5.97 Å². The first-order valence-corrected chi connectivity index (χ1v) is 3.62. The molecule has 6 nitrogen and oxygen atoms in total. The van der Waals surface area contributed by atoms with Crippen LogP contribution in [0.1, 0.15) is 0 Å². The van der Waals surface area contributed by atoms with Crippen LogP contribution in [0.2, 0.25) is 0 Å². The molecule has 0 saturated heterocycles. The lowest BCUT2D eigenvalue weighted by Gasteiger charge is -2.18. The van der Waals surface area contributed by atoms with Gasteiger partial charge in [0, 0.05) is 5.57 Å². The fourth-order valence-corrected chi connectivity index (χ4v) is 1.19. The number of nitrogens with one attached hydrogen (secondary N) is 2. The Morgan fingerprint density at radius 2 is 2.38 bits per heavy atom. The Kier molecular flexibility index (Phi) is 1.56. The van der Waals surface area contributed by atoms with E-state index in [0.717, 1.165) is 0 Å². The summed E-state index contributed by atoms with van der Waals surface area (Å²) in [4.78, 5) is 14.3. The maximum Gasteiger partial charge on any atom is 0.354 e. The molecule has 2 rings (SSSR count). The molecule has 0 spiro atoms. The number of aliphatic hydroxyl groups excluding tert-OH is 1. The molecule has 0 aromatic rings. The van der Waals surface area contributed by atoms with Crippen LogP contribution >= 0.6 is 0 Å². The van der Waals surface area contributed by atoms with Gasteiger partial charge in [-0.05, 0) is 6.08 Å². The topological polar surface area (TPSA) is 94.0 Å². The molecule has 1 unspecified atom stereocenters. The van der Waals surface area contributed by atoms with Crippen LogP contribution in [-0.2, 0) is 4.79 Å². The quantitative estimate of drug-likeness (QED) is 0.428. The normalized spacial score (nSPS) is 25.2. The number of hydrogen-bond acceptors (Lipinski definition) is 5. The highest BCUT2D eigenvalue weighted by Crippen LogP contribution is 2.20. The summed E-state index contributed by atoms with van der Waals surface area (Å²) < 4.78 is 0. The van der Waals surface area contributed by atoms with Crippen LogP contribution in [0.15, 0.2) is 28.6 Å². The number of carboxylic acid groups (broad SMARTS) is 1. The van der Waals surface area contributed by atoms with E-state index >= 15 is 0 Å². The van der Waals surface area contributed by atoms with Gasteiger partial charge in [0.15, 0.2) is 0 Å². The number of rotatable bonds is 1. The number of fused-ring (bicyclic) bond motifs is 1.